The molecule has 1 heterocycles. The van der Waals surface area contributed by atoms with E-state index in [1.165, 1.54) is 9.80 Å². The van der Waals surface area contributed by atoms with Crippen LogP contribution in [0.25, 0.3) is 0 Å². The lowest BCUT2D eigenvalue weighted by atomic mass is 9.85. The lowest BCUT2D eigenvalue weighted by molar-refractivity contribution is -0.144. The molecule has 7 nitrogen and oxygen atoms in total. The Hall–Kier alpha value is -2.67. The number of amides is 4. The van der Waals surface area contributed by atoms with Crippen molar-refractivity contribution >= 4 is 35.2 Å². The van der Waals surface area contributed by atoms with Crippen molar-refractivity contribution in [2.24, 2.45) is 11.8 Å². The Morgan fingerprint density at radius 1 is 1.12 bits per heavy atom. The summed E-state index contributed by atoms with van der Waals surface area (Å²) in [5.74, 6) is -1.62. The van der Waals surface area contributed by atoms with Crippen LogP contribution in [-0.4, -0.2) is 51.6 Å². The molecule has 1 fully saturated rings. The average Bonchev–Trinajstić information content (AvgIpc) is 3.02. The van der Waals surface area contributed by atoms with Gasteiger partial charge >= 0.3 is 0 Å². The number of benzene rings is 1. The van der Waals surface area contributed by atoms with Crippen LogP contribution in [0.1, 0.15) is 58.9 Å². The largest absolute Gasteiger partial charge is 0.350 e. The number of hydrogen-bond acceptors (Lipinski definition) is 4. The standard InChI is InChI=1S/C26H34ClN3O4/c1-5-21(23(32)28-26(2,3)4)30(16-17-10-6-9-13-20(17)27)22(31)14-15-29-24(33)18-11-7-8-12-19(18)25(29)34/h6-10,13,18-19,21H,5,11-12,14-16H2,1-4H3,(H,28,32)/t18-,19+,21-/m0/s1. The minimum atomic E-state index is -0.709. The van der Waals surface area contributed by atoms with Gasteiger partial charge in [0.15, 0.2) is 0 Å². The summed E-state index contributed by atoms with van der Waals surface area (Å²) in [5.41, 5.74) is 0.271. The van der Waals surface area contributed by atoms with Gasteiger partial charge in [0.25, 0.3) is 0 Å². The van der Waals surface area contributed by atoms with Crippen LogP contribution >= 0.6 is 11.6 Å². The number of likely N-dealkylation sites (tertiary alicyclic amines) is 1. The van der Waals surface area contributed by atoms with Crippen LogP contribution in [-0.2, 0) is 25.7 Å². The second-order valence-electron chi connectivity index (χ2n) is 10.0. The van der Waals surface area contributed by atoms with E-state index in [2.05, 4.69) is 5.32 Å². The first-order valence-corrected chi connectivity index (χ1v) is 12.3. The molecule has 184 valence electrons. The number of carbonyl (C=O) groups excluding carboxylic acids is 4. The van der Waals surface area contributed by atoms with Crippen LogP contribution < -0.4 is 5.32 Å². The molecule has 0 aromatic heterocycles. The molecule has 0 radical (unpaired) electrons. The lowest BCUT2D eigenvalue weighted by Crippen LogP contribution is -2.53. The Morgan fingerprint density at radius 3 is 2.24 bits per heavy atom. The maximum Gasteiger partial charge on any atom is 0.243 e. The summed E-state index contributed by atoms with van der Waals surface area (Å²) >= 11 is 6.35. The molecule has 1 aromatic carbocycles. The molecule has 1 aliphatic carbocycles. The average molecular weight is 488 g/mol. The van der Waals surface area contributed by atoms with Gasteiger partial charge < -0.3 is 10.2 Å². The number of nitrogens with one attached hydrogen (secondary N) is 1. The predicted octanol–water partition coefficient (Wildman–Crippen LogP) is 3.70. The third-order valence-corrected chi connectivity index (χ3v) is 6.70. The van der Waals surface area contributed by atoms with Gasteiger partial charge in [-0.05, 0) is 51.7 Å². The Labute approximate surface area is 206 Å². The molecule has 1 aliphatic heterocycles. The summed E-state index contributed by atoms with van der Waals surface area (Å²) in [6.07, 6.45) is 5.36. The molecule has 1 N–H and O–H groups in total. The Balaban J connectivity index is 1.78. The zero-order valence-corrected chi connectivity index (χ0v) is 21.1. The van der Waals surface area contributed by atoms with Gasteiger partial charge in [-0.1, -0.05) is 48.9 Å². The molecule has 0 bridgehead atoms. The van der Waals surface area contributed by atoms with Gasteiger partial charge in [0.1, 0.15) is 6.04 Å². The van der Waals surface area contributed by atoms with Crippen molar-refractivity contribution in [1.82, 2.24) is 15.1 Å². The highest BCUT2D eigenvalue weighted by Crippen LogP contribution is 2.35. The second-order valence-corrected chi connectivity index (χ2v) is 10.4. The molecule has 0 unspecified atom stereocenters. The summed E-state index contributed by atoms with van der Waals surface area (Å²) in [6.45, 7) is 7.68. The minimum Gasteiger partial charge on any atom is -0.350 e. The van der Waals surface area contributed by atoms with Gasteiger partial charge in [0, 0.05) is 30.1 Å². The zero-order valence-electron chi connectivity index (χ0n) is 20.3. The van der Waals surface area contributed by atoms with Gasteiger partial charge in [-0.3, -0.25) is 24.1 Å². The van der Waals surface area contributed by atoms with Gasteiger partial charge in [-0.2, -0.15) is 0 Å². The van der Waals surface area contributed by atoms with E-state index in [0.717, 1.165) is 5.56 Å². The zero-order chi connectivity index (χ0) is 25.0. The monoisotopic (exact) mass is 487 g/mol. The number of fused-ring (bicyclic) bond motifs is 1. The highest BCUT2D eigenvalue weighted by atomic mass is 35.5. The number of nitrogens with zero attached hydrogens (tertiary/aromatic N) is 2. The predicted molar refractivity (Wildman–Crippen MR) is 131 cm³/mol. The SMILES string of the molecule is CC[C@@H](C(=O)NC(C)(C)C)N(Cc1ccccc1Cl)C(=O)CCN1C(=O)[C@H]2CC=CC[C@H]2C1=O. The topological polar surface area (TPSA) is 86.8 Å². The molecule has 1 aromatic rings. The van der Waals surface area contributed by atoms with E-state index in [9.17, 15) is 19.2 Å². The second kappa shape index (κ2) is 10.7. The smallest absolute Gasteiger partial charge is 0.243 e. The molecule has 0 spiro atoms. The van der Waals surface area contributed by atoms with Crippen molar-refractivity contribution in [3.8, 4) is 0 Å². The first-order chi connectivity index (χ1) is 16.0. The van der Waals surface area contributed by atoms with E-state index in [0.29, 0.717) is 24.3 Å². The molecular weight excluding hydrogens is 454 g/mol. The highest BCUT2D eigenvalue weighted by Gasteiger charge is 2.47. The fourth-order valence-electron chi connectivity index (χ4n) is 4.62. The van der Waals surface area contributed by atoms with Crippen LogP contribution in [0.3, 0.4) is 0 Å². The van der Waals surface area contributed by atoms with E-state index in [1.54, 1.807) is 12.1 Å². The van der Waals surface area contributed by atoms with E-state index in [4.69, 9.17) is 11.6 Å². The summed E-state index contributed by atoms with van der Waals surface area (Å²) in [7, 11) is 0. The van der Waals surface area contributed by atoms with E-state index in [1.807, 2.05) is 52.0 Å². The molecule has 2 aliphatic rings. The number of imide groups is 1. The molecule has 8 heteroatoms. The van der Waals surface area contributed by atoms with Crippen LogP contribution in [0.15, 0.2) is 36.4 Å². The Bertz CT molecular complexity index is 959. The Morgan fingerprint density at radius 2 is 1.71 bits per heavy atom. The summed E-state index contributed by atoms with van der Waals surface area (Å²) in [4.78, 5) is 54.9. The fraction of sp³-hybridized carbons (Fsp3) is 0.538. The van der Waals surface area contributed by atoms with E-state index < -0.39 is 11.6 Å². The first kappa shape index (κ1) is 25.9. The van der Waals surface area contributed by atoms with E-state index in [-0.39, 0.29) is 55.0 Å². The number of halogens is 1. The van der Waals surface area contributed by atoms with Crippen molar-refractivity contribution in [3.63, 3.8) is 0 Å². The molecule has 1 saturated heterocycles. The Kier molecular flexibility index (Phi) is 8.18. The van der Waals surface area contributed by atoms with Gasteiger partial charge in [0.05, 0.1) is 11.8 Å². The van der Waals surface area contributed by atoms with E-state index >= 15 is 0 Å². The maximum atomic E-state index is 13.5. The lowest BCUT2D eigenvalue weighted by Gasteiger charge is -2.33. The quantitative estimate of drug-likeness (QED) is 0.447. The van der Waals surface area contributed by atoms with Crippen LogP contribution in [0, 0.1) is 11.8 Å². The van der Waals surface area contributed by atoms with Crippen LogP contribution in [0.4, 0.5) is 0 Å². The molecule has 3 atom stereocenters. The number of carbonyl (C=O) groups is 4. The minimum absolute atomic E-state index is 0.0137. The summed E-state index contributed by atoms with van der Waals surface area (Å²) in [6, 6.07) is 6.49. The molecule has 3 rings (SSSR count). The highest BCUT2D eigenvalue weighted by molar-refractivity contribution is 6.31. The summed E-state index contributed by atoms with van der Waals surface area (Å²) < 4.78 is 0. The molecule has 0 saturated carbocycles. The number of rotatable bonds is 8. The van der Waals surface area contributed by atoms with Crippen LogP contribution in [0.2, 0.25) is 5.02 Å². The molecule has 34 heavy (non-hydrogen) atoms. The van der Waals surface area contributed by atoms with Crippen molar-refractivity contribution in [2.45, 2.75) is 71.5 Å². The third-order valence-electron chi connectivity index (χ3n) is 6.33. The van der Waals surface area contributed by atoms with Crippen molar-refractivity contribution < 1.29 is 19.2 Å². The maximum absolute atomic E-state index is 13.5. The van der Waals surface area contributed by atoms with Crippen molar-refractivity contribution in [1.29, 1.82) is 0 Å². The van der Waals surface area contributed by atoms with Gasteiger partial charge in [-0.15, -0.1) is 0 Å². The van der Waals surface area contributed by atoms with Gasteiger partial charge in [-0.25, -0.2) is 0 Å². The molecular formula is C26H34ClN3O4. The number of allylic oxidation sites excluding steroid dienone is 2. The van der Waals surface area contributed by atoms with Crippen LogP contribution in [0.5, 0.6) is 0 Å². The first-order valence-electron chi connectivity index (χ1n) is 11.9. The normalized spacial score (nSPS) is 20.8. The van der Waals surface area contributed by atoms with Crippen molar-refractivity contribution in [2.75, 3.05) is 6.54 Å². The van der Waals surface area contributed by atoms with Crippen molar-refractivity contribution in [3.05, 3.63) is 47.0 Å². The fourth-order valence-corrected chi connectivity index (χ4v) is 4.82. The third kappa shape index (κ3) is 5.87. The molecule has 4 amide bonds. The number of hydrogen-bond donors (Lipinski definition) is 1. The summed E-state index contributed by atoms with van der Waals surface area (Å²) in [5, 5.41) is 3.47. The van der Waals surface area contributed by atoms with Gasteiger partial charge in [0.2, 0.25) is 23.6 Å².